The fourth-order valence-electron chi connectivity index (χ4n) is 5.53. The predicted molar refractivity (Wildman–Crippen MR) is 127 cm³/mol. The molecule has 0 bridgehead atoms. The van der Waals surface area contributed by atoms with Crippen molar-refractivity contribution in [1.29, 1.82) is 0 Å². The molecule has 1 N–H and O–H groups in total. The fraction of sp³-hybridized carbons (Fsp3) is 0.769. The number of nitrogens with zero attached hydrogens (tertiary/aromatic N) is 2. The number of para-hydroxylation sites is 1. The molecule has 2 saturated heterocycles. The average Bonchev–Trinajstić information content (AvgIpc) is 2.80. The fourth-order valence-corrected chi connectivity index (χ4v) is 5.53. The van der Waals surface area contributed by atoms with Crippen LogP contribution in [0.25, 0.3) is 0 Å². The summed E-state index contributed by atoms with van der Waals surface area (Å²) in [5, 5.41) is 14.1. The van der Waals surface area contributed by atoms with Crippen molar-refractivity contribution in [3.63, 3.8) is 0 Å². The van der Waals surface area contributed by atoms with Gasteiger partial charge in [-0.2, -0.15) is 5.06 Å². The summed E-state index contributed by atoms with van der Waals surface area (Å²) < 4.78 is 12.5. The maximum atomic E-state index is 10.5. The third-order valence-corrected chi connectivity index (χ3v) is 7.19. The lowest BCUT2D eigenvalue weighted by Crippen LogP contribution is -2.56. The first-order valence-electron chi connectivity index (χ1n) is 12.0. The van der Waals surface area contributed by atoms with Crippen LogP contribution in [0, 0.1) is 0 Å². The Morgan fingerprint density at radius 3 is 2.06 bits per heavy atom. The van der Waals surface area contributed by atoms with E-state index in [0.29, 0.717) is 13.2 Å². The van der Waals surface area contributed by atoms with E-state index >= 15 is 0 Å². The first-order valence-corrected chi connectivity index (χ1v) is 12.0. The van der Waals surface area contributed by atoms with Gasteiger partial charge in [0.05, 0.1) is 42.0 Å². The molecule has 0 saturated carbocycles. The van der Waals surface area contributed by atoms with Crippen LogP contribution in [0.1, 0.15) is 81.1 Å². The van der Waals surface area contributed by atoms with E-state index in [9.17, 15) is 5.21 Å². The van der Waals surface area contributed by atoms with Gasteiger partial charge in [0.25, 0.3) is 0 Å². The second-order valence-corrected chi connectivity index (χ2v) is 11.9. The van der Waals surface area contributed by atoms with Crippen molar-refractivity contribution in [2.75, 3.05) is 13.2 Å². The van der Waals surface area contributed by atoms with Gasteiger partial charge < -0.3 is 19.5 Å². The van der Waals surface area contributed by atoms with Gasteiger partial charge in [-0.05, 0) is 93.2 Å². The van der Waals surface area contributed by atoms with Crippen LogP contribution in [0.5, 0.6) is 5.75 Å². The van der Waals surface area contributed by atoms with Crippen LogP contribution in [0.3, 0.4) is 0 Å². The molecule has 2 aliphatic heterocycles. The lowest BCUT2D eigenvalue weighted by Gasteiger charge is -2.45. The molecular formula is C26H44N2O4. The number of hydroxylamine groups is 4. The number of ether oxygens (including phenoxy) is 2. The highest BCUT2D eigenvalue weighted by Gasteiger charge is 2.52. The van der Waals surface area contributed by atoms with Crippen molar-refractivity contribution in [2.24, 2.45) is 0 Å². The Morgan fingerprint density at radius 1 is 0.844 bits per heavy atom. The van der Waals surface area contributed by atoms with Crippen LogP contribution < -0.4 is 4.84 Å². The van der Waals surface area contributed by atoms with E-state index in [1.165, 1.54) is 5.06 Å². The highest BCUT2D eigenvalue weighted by Crippen LogP contribution is 2.41. The molecule has 182 valence electrons. The Morgan fingerprint density at radius 2 is 1.47 bits per heavy atom. The third-order valence-electron chi connectivity index (χ3n) is 7.19. The van der Waals surface area contributed by atoms with Crippen LogP contribution in [-0.4, -0.2) is 62.9 Å². The monoisotopic (exact) mass is 448 g/mol. The summed E-state index contributed by atoms with van der Waals surface area (Å²) >= 11 is 0. The molecule has 0 radical (unpaired) electrons. The van der Waals surface area contributed by atoms with Crippen LogP contribution in [-0.2, 0) is 9.47 Å². The van der Waals surface area contributed by atoms with Crippen molar-refractivity contribution in [3.05, 3.63) is 30.3 Å². The predicted octanol–water partition coefficient (Wildman–Crippen LogP) is 5.45. The first kappa shape index (κ1) is 25.4. The number of benzene rings is 1. The molecular weight excluding hydrogens is 404 g/mol. The molecule has 0 spiro atoms. The number of rotatable bonds is 7. The van der Waals surface area contributed by atoms with Crippen molar-refractivity contribution in [2.45, 2.75) is 115 Å². The maximum Gasteiger partial charge on any atom is 0.147 e. The molecule has 6 heteroatoms. The molecule has 1 aromatic carbocycles. The molecule has 6 nitrogen and oxygen atoms in total. The van der Waals surface area contributed by atoms with E-state index in [0.717, 1.165) is 31.4 Å². The summed E-state index contributed by atoms with van der Waals surface area (Å²) in [5.41, 5.74) is -0.991. The summed E-state index contributed by atoms with van der Waals surface area (Å²) in [6.45, 7) is 18.2. The van der Waals surface area contributed by atoms with Crippen LogP contribution in [0.2, 0.25) is 0 Å². The van der Waals surface area contributed by atoms with Gasteiger partial charge in [0, 0.05) is 5.54 Å². The SMILES string of the molecule is CC1(C)CCC(OCCOC2CC(C)(C)N(O)C2(C)C)CC(C)(C)N1Oc1ccccc1. The molecule has 0 aliphatic carbocycles. The van der Waals surface area contributed by atoms with E-state index in [1.54, 1.807) is 0 Å². The quantitative estimate of drug-likeness (QED) is 0.560. The maximum absolute atomic E-state index is 10.5. The lowest BCUT2D eigenvalue weighted by atomic mass is 9.95. The molecule has 2 heterocycles. The minimum Gasteiger partial charge on any atom is -0.405 e. The Hall–Kier alpha value is -1.18. The minimum absolute atomic E-state index is 0.0228. The highest BCUT2D eigenvalue weighted by molar-refractivity contribution is 5.21. The van der Waals surface area contributed by atoms with Gasteiger partial charge in [0.1, 0.15) is 5.75 Å². The van der Waals surface area contributed by atoms with E-state index in [2.05, 4.69) is 32.8 Å². The van der Waals surface area contributed by atoms with Crippen LogP contribution >= 0.6 is 0 Å². The van der Waals surface area contributed by atoms with Gasteiger partial charge in [-0.3, -0.25) is 0 Å². The minimum atomic E-state index is -0.410. The zero-order valence-corrected chi connectivity index (χ0v) is 21.4. The second-order valence-electron chi connectivity index (χ2n) is 11.9. The molecule has 0 aromatic heterocycles. The second kappa shape index (κ2) is 9.22. The number of hydrogen-bond donors (Lipinski definition) is 1. The molecule has 2 fully saturated rings. The highest BCUT2D eigenvalue weighted by atomic mass is 16.7. The topological polar surface area (TPSA) is 54.4 Å². The Labute approximate surface area is 194 Å². The van der Waals surface area contributed by atoms with Crippen molar-refractivity contribution >= 4 is 0 Å². The van der Waals surface area contributed by atoms with Gasteiger partial charge in [-0.1, -0.05) is 18.2 Å². The van der Waals surface area contributed by atoms with Crippen LogP contribution in [0.4, 0.5) is 0 Å². The summed E-state index contributed by atoms with van der Waals surface area (Å²) in [5.74, 6) is 0.862. The molecule has 0 amide bonds. The lowest BCUT2D eigenvalue weighted by molar-refractivity contribution is -0.205. The first-order chi connectivity index (χ1) is 14.8. The molecule has 32 heavy (non-hydrogen) atoms. The van der Waals surface area contributed by atoms with E-state index in [-0.39, 0.29) is 28.8 Å². The van der Waals surface area contributed by atoms with Crippen molar-refractivity contribution in [3.8, 4) is 5.75 Å². The molecule has 2 unspecified atom stereocenters. The normalized spacial score (nSPS) is 29.5. The smallest absolute Gasteiger partial charge is 0.147 e. The molecule has 1 aromatic rings. The van der Waals surface area contributed by atoms with Crippen molar-refractivity contribution < 1.29 is 19.5 Å². The summed E-state index contributed by atoms with van der Waals surface area (Å²) in [7, 11) is 0. The van der Waals surface area contributed by atoms with E-state index < -0.39 is 5.54 Å². The summed E-state index contributed by atoms with van der Waals surface area (Å²) in [4.78, 5) is 6.38. The summed E-state index contributed by atoms with van der Waals surface area (Å²) in [6.07, 6.45) is 3.78. The van der Waals surface area contributed by atoms with E-state index in [4.69, 9.17) is 14.3 Å². The average molecular weight is 449 g/mol. The van der Waals surface area contributed by atoms with Gasteiger partial charge >= 0.3 is 0 Å². The van der Waals surface area contributed by atoms with E-state index in [1.807, 2.05) is 58.0 Å². The van der Waals surface area contributed by atoms with Gasteiger partial charge in [0.15, 0.2) is 0 Å². The van der Waals surface area contributed by atoms with Crippen LogP contribution in [0.15, 0.2) is 30.3 Å². The van der Waals surface area contributed by atoms with Crippen molar-refractivity contribution in [1.82, 2.24) is 10.1 Å². The zero-order chi connectivity index (χ0) is 23.8. The number of hydrogen-bond acceptors (Lipinski definition) is 6. The van der Waals surface area contributed by atoms with Gasteiger partial charge in [-0.15, -0.1) is 5.06 Å². The standard InChI is InChI=1S/C26H44N2O4/c1-23(2)15-14-21(18-25(5,6)28(23)32-20-12-10-9-11-13-20)30-16-17-31-22-19-24(3,4)27(29)26(22,7)8/h9-13,21-22,29H,14-19H2,1-8H3. The van der Waals surface area contributed by atoms with Gasteiger partial charge in [0.2, 0.25) is 0 Å². The Balaban J connectivity index is 1.55. The summed E-state index contributed by atoms with van der Waals surface area (Å²) in [6, 6.07) is 10.0. The third kappa shape index (κ3) is 5.48. The Bertz CT molecular complexity index is 747. The largest absolute Gasteiger partial charge is 0.405 e. The Kier molecular flexibility index (Phi) is 7.33. The van der Waals surface area contributed by atoms with Gasteiger partial charge in [-0.25, -0.2) is 0 Å². The molecule has 2 atom stereocenters. The zero-order valence-electron chi connectivity index (χ0n) is 21.4. The molecule has 3 rings (SSSR count). The molecule has 2 aliphatic rings.